The summed E-state index contributed by atoms with van der Waals surface area (Å²) in [4.78, 5) is 31.8. The van der Waals surface area contributed by atoms with Gasteiger partial charge in [-0.25, -0.2) is 0 Å². The summed E-state index contributed by atoms with van der Waals surface area (Å²) in [6.45, 7) is 7.02. The summed E-state index contributed by atoms with van der Waals surface area (Å²) in [5.41, 5.74) is 7.12. The molecule has 0 aliphatic carbocycles. The quantitative estimate of drug-likeness (QED) is 0.605. The SMILES string of the molecule is Cc1cc(C)c(NC(=O)C(=O)NCC(c2cccnc2)N2CCc3ccccc32)c(C)c1. The lowest BCUT2D eigenvalue weighted by molar-refractivity contribution is -0.136. The molecule has 0 spiro atoms. The minimum atomic E-state index is -0.660. The van der Waals surface area contributed by atoms with Crippen LogP contribution in [0.25, 0.3) is 0 Å². The summed E-state index contributed by atoms with van der Waals surface area (Å²) >= 11 is 0. The van der Waals surface area contributed by atoms with E-state index in [4.69, 9.17) is 0 Å². The van der Waals surface area contributed by atoms with Crippen LogP contribution in [0.4, 0.5) is 11.4 Å². The van der Waals surface area contributed by atoms with Crippen molar-refractivity contribution in [3.63, 3.8) is 0 Å². The van der Waals surface area contributed by atoms with Crippen LogP contribution >= 0.6 is 0 Å². The number of hydrogen-bond donors (Lipinski definition) is 2. The fourth-order valence-corrected chi connectivity index (χ4v) is 4.49. The second kappa shape index (κ2) is 9.22. The maximum Gasteiger partial charge on any atom is 0.313 e. The van der Waals surface area contributed by atoms with Crippen molar-refractivity contribution in [1.29, 1.82) is 0 Å². The van der Waals surface area contributed by atoms with Crippen molar-refractivity contribution in [3.05, 3.63) is 88.7 Å². The number of rotatable bonds is 5. The molecule has 32 heavy (non-hydrogen) atoms. The standard InChI is InChI=1S/C26H28N4O2/c1-17-13-18(2)24(19(3)14-17)29-26(32)25(31)28-16-23(21-8-6-11-27-15-21)30-12-10-20-7-4-5-9-22(20)30/h4-9,11,13-15,23H,10,12,16H2,1-3H3,(H,28,31)(H,29,32). The molecule has 2 heterocycles. The van der Waals surface area contributed by atoms with E-state index in [0.29, 0.717) is 12.2 Å². The van der Waals surface area contributed by atoms with Crippen LogP contribution in [0.3, 0.4) is 0 Å². The van der Waals surface area contributed by atoms with Gasteiger partial charge < -0.3 is 15.5 Å². The molecule has 1 unspecified atom stereocenters. The molecule has 0 bridgehead atoms. The zero-order valence-corrected chi connectivity index (χ0v) is 18.7. The van der Waals surface area contributed by atoms with Gasteiger partial charge in [0.05, 0.1) is 6.04 Å². The molecule has 1 aromatic heterocycles. The van der Waals surface area contributed by atoms with E-state index < -0.39 is 11.8 Å². The fourth-order valence-electron chi connectivity index (χ4n) is 4.49. The fraction of sp³-hybridized carbons (Fsp3) is 0.269. The number of carbonyl (C=O) groups excluding carboxylic acids is 2. The Morgan fingerprint density at radius 3 is 2.50 bits per heavy atom. The Kier molecular flexibility index (Phi) is 6.21. The van der Waals surface area contributed by atoms with E-state index in [1.807, 2.05) is 63.4 Å². The monoisotopic (exact) mass is 428 g/mol. The van der Waals surface area contributed by atoms with Gasteiger partial charge in [0, 0.05) is 36.9 Å². The number of nitrogens with one attached hydrogen (secondary N) is 2. The van der Waals surface area contributed by atoms with Gasteiger partial charge in [0.1, 0.15) is 0 Å². The van der Waals surface area contributed by atoms with Crippen molar-refractivity contribution in [2.45, 2.75) is 33.2 Å². The van der Waals surface area contributed by atoms with Crippen molar-refractivity contribution < 1.29 is 9.59 Å². The number of anilines is 2. The van der Waals surface area contributed by atoms with E-state index in [2.05, 4.69) is 32.7 Å². The Balaban J connectivity index is 1.49. The summed E-state index contributed by atoms with van der Waals surface area (Å²) in [5, 5.41) is 5.62. The molecule has 2 N–H and O–H groups in total. The molecule has 1 atom stereocenters. The van der Waals surface area contributed by atoms with Gasteiger partial charge in [-0.1, -0.05) is 42.0 Å². The topological polar surface area (TPSA) is 74.3 Å². The van der Waals surface area contributed by atoms with Crippen molar-refractivity contribution >= 4 is 23.2 Å². The average Bonchev–Trinajstić information content (AvgIpc) is 3.21. The molecule has 0 fully saturated rings. The zero-order valence-electron chi connectivity index (χ0n) is 18.7. The van der Waals surface area contributed by atoms with Crippen LogP contribution in [0.15, 0.2) is 60.9 Å². The van der Waals surface area contributed by atoms with Gasteiger partial charge in [0.15, 0.2) is 0 Å². The van der Waals surface area contributed by atoms with Crippen LogP contribution in [0.2, 0.25) is 0 Å². The number of pyridine rings is 1. The van der Waals surface area contributed by atoms with Gasteiger partial charge in [0.25, 0.3) is 0 Å². The number of hydrogen-bond acceptors (Lipinski definition) is 4. The molecule has 6 nitrogen and oxygen atoms in total. The highest BCUT2D eigenvalue weighted by Gasteiger charge is 2.28. The third-order valence-electron chi connectivity index (χ3n) is 5.95. The molecule has 3 aromatic rings. The molecule has 0 saturated carbocycles. The molecule has 164 valence electrons. The van der Waals surface area contributed by atoms with Crippen molar-refractivity contribution in [1.82, 2.24) is 10.3 Å². The lowest BCUT2D eigenvalue weighted by atomic mass is 10.1. The van der Waals surface area contributed by atoms with E-state index in [9.17, 15) is 9.59 Å². The van der Waals surface area contributed by atoms with Crippen molar-refractivity contribution in [2.75, 3.05) is 23.3 Å². The number of carbonyl (C=O) groups is 2. The summed E-state index contributed by atoms with van der Waals surface area (Å²) in [6.07, 6.45) is 4.50. The molecule has 6 heteroatoms. The first-order chi connectivity index (χ1) is 15.4. The first-order valence-electron chi connectivity index (χ1n) is 10.9. The van der Waals surface area contributed by atoms with Gasteiger partial charge in [-0.15, -0.1) is 0 Å². The third-order valence-corrected chi connectivity index (χ3v) is 5.95. The van der Waals surface area contributed by atoms with Crippen LogP contribution < -0.4 is 15.5 Å². The van der Waals surface area contributed by atoms with Crippen molar-refractivity contribution in [2.24, 2.45) is 0 Å². The van der Waals surface area contributed by atoms with Gasteiger partial charge in [-0.3, -0.25) is 14.6 Å². The van der Waals surface area contributed by atoms with Gasteiger partial charge in [-0.2, -0.15) is 0 Å². The molecule has 0 radical (unpaired) electrons. The molecule has 1 aliphatic heterocycles. The number of amides is 2. The number of aryl methyl sites for hydroxylation is 3. The predicted molar refractivity (Wildman–Crippen MR) is 127 cm³/mol. The third kappa shape index (κ3) is 4.49. The molecular formula is C26H28N4O2. The summed E-state index contributed by atoms with van der Waals surface area (Å²) in [7, 11) is 0. The first-order valence-corrected chi connectivity index (χ1v) is 10.9. The second-order valence-electron chi connectivity index (χ2n) is 8.31. The largest absolute Gasteiger partial charge is 0.362 e. The van der Waals surface area contributed by atoms with Crippen LogP contribution in [0.1, 0.15) is 33.9 Å². The predicted octanol–water partition coefficient (Wildman–Crippen LogP) is 3.87. The smallest absolute Gasteiger partial charge is 0.313 e. The minimum absolute atomic E-state index is 0.119. The Labute approximate surface area is 188 Å². The highest BCUT2D eigenvalue weighted by atomic mass is 16.2. The summed E-state index contributed by atoms with van der Waals surface area (Å²) in [6, 6.07) is 16.1. The van der Waals surface area contributed by atoms with Gasteiger partial charge in [-0.05, 0) is 61.6 Å². The number of aromatic nitrogens is 1. The highest BCUT2D eigenvalue weighted by molar-refractivity contribution is 6.39. The Morgan fingerprint density at radius 2 is 1.78 bits per heavy atom. The molecule has 1 aliphatic rings. The van der Waals surface area contributed by atoms with E-state index in [0.717, 1.165) is 40.9 Å². The molecule has 2 amide bonds. The summed E-state index contributed by atoms with van der Waals surface area (Å²) in [5.74, 6) is -1.31. The van der Waals surface area contributed by atoms with Gasteiger partial charge in [0.2, 0.25) is 0 Å². The lowest BCUT2D eigenvalue weighted by Gasteiger charge is -2.30. The number of nitrogens with zero attached hydrogens (tertiary/aromatic N) is 2. The van der Waals surface area contributed by atoms with E-state index in [1.54, 1.807) is 6.20 Å². The first kappa shape index (κ1) is 21.6. The van der Waals surface area contributed by atoms with Crippen molar-refractivity contribution in [3.8, 4) is 0 Å². The highest BCUT2D eigenvalue weighted by Crippen LogP contribution is 2.34. The number of benzene rings is 2. The van der Waals surface area contributed by atoms with E-state index in [1.165, 1.54) is 5.56 Å². The molecule has 2 aromatic carbocycles. The average molecular weight is 429 g/mol. The van der Waals surface area contributed by atoms with E-state index in [-0.39, 0.29) is 6.04 Å². The Morgan fingerprint density at radius 1 is 1.03 bits per heavy atom. The molecule has 0 saturated heterocycles. The van der Waals surface area contributed by atoms with Crippen LogP contribution in [-0.4, -0.2) is 29.9 Å². The zero-order chi connectivity index (χ0) is 22.7. The van der Waals surface area contributed by atoms with E-state index >= 15 is 0 Å². The van der Waals surface area contributed by atoms with Crippen LogP contribution in [0.5, 0.6) is 0 Å². The normalized spacial score (nSPS) is 13.4. The Bertz CT molecular complexity index is 1120. The number of fused-ring (bicyclic) bond motifs is 1. The van der Waals surface area contributed by atoms with Gasteiger partial charge >= 0.3 is 11.8 Å². The summed E-state index contributed by atoms with van der Waals surface area (Å²) < 4.78 is 0. The van der Waals surface area contributed by atoms with Crippen LogP contribution in [0, 0.1) is 20.8 Å². The maximum atomic E-state index is 12.7. The Hall–Kier alpha value is -3.67. The van der Waals surface area contributed by atoms with Crippen LogP contribution in [-0.2, 0) is 16.0 Å². The number of para-hydroxylation sites is 1. The maximum absolute atomic E-state index is 12.7. The minimum Gasteiger partial charge on any atom is -0.362 e. The lowest BCUT2D eigenvalue weighted by Crippen LogP contribution is -2.42. The molecular weight excluding hydrogens is 400 g/mol. The molecule has 4 rings (SSSR count). The second-order valence-corrected chi connectivity index (χ2v) is 8.31.